The maximum absolute atomic E-state index is 5.75. The first-order chi connectivity index (χ1) is 8.05. The highest BCUT2D eigenvalue weighted by Gasteiger charge is 2.36. The average molecular weight is 234 g/mol. The lowest BCUT2D eigenvalue weighted by Crippen LogP contribution is -2.48. The number of hydrogen-bond donors (Lipinski definition) is 0. The van der Waals surface area contributed by atoms with E-state index in [0.717, 1.165) is 24.6 Å². The van der Waals surface area contributed by atoms with Gasteiger partial charge in [-0.1, -0.05) is 13.8 Å². The van der Waals surface area contributed by atoms with Gasteiger partial charge in [-0.3, -0.25) is 0 Å². The minimum Gasteiger partial charge on any atom is -0.406 e. The molecule has 1 aliphatic heterocycles. The van der Waals surface area contributed by atoms with E-state index in [-0.39, 0.29) is 12.5 Å². The van der Waals surface area contributed by atoms with Crippen LogP contribution in [-0.2, 0) is 9.31 Å². The van der Waals surface area contributed by atoms with Crippen molar-refractivity contribution in [1.82, 2.24) is 9.55 Å². The van der Waals surface area contributed by atoms with Crippen LogP contribution in [-0.4, -0.2) is 29.9 Å². The molecule has 0 unspecified atom stereocenters. The highest BCUT2D eigenvalue weighted by Crippen LogP contribution is 2.35. The molecule has 2 heterocycles. The molecular weight excluding hydrogens is 215 g/mol. The van der Waals surface area contributed by atoms with E-state index in [1.165, 1.54) is 12.8 Å². The minimum atomic E-state index is -0.276. The predicted molar refractivity (Wildman–Crippen MR) is 66.3 cm³/mol. The lowest BCUT2D eigenvalue weighted by molar-refractivity contribution is 0.0340. The van der Waals surface area contributed by atoms with E-state index in [2.05, 4.69) is 36.5 Å². The first kappa shape index (κ1) is 11.3. The van der Waals surface area contributed by atoms with Crippen LogP contribution in [0.2, 0.25) is 0 Å². The van der Waals surface area contributed by atoms with Crippen molar-refractivity contribution < 1.29 is 9.31 Å². The molecule has 0 spiro atoms. The van der Waals surface area contributed by atoms with Gasteiger partial charge < -0.3 is 13.9 Å². The van der Waals surface area contributed by atoms with Crippen LogP contribution in [0.1, 0.15) is 38.6 Å². The zero-order valence-electron chi connectivity index (χ0n) is 10.8. The van der Waals surface area contributed by atoms with Crippen molar-refractivity contribution in [3.63, 3.8) is 0 Å². The van der Waals surface area contributed by atoms with Crippen molar-refractivity contribution in [2.45, 2.75) is 39.7 Å². The molecule has 1 saturated heterocycles. The molecular formula is C12H19BN2O2. The lowest BCUT2D eigenvalue weighted by Gasteiger charge is -2.32. The third-order valence-electron chi connectivity index (χ3n) is 3.37. The molecule has 0 atom stereocenters. The van der Waals surface area contributed by atoms with Crippen LogP contribution >= 0.6 is 0 Å². The van der Waals surface area contributed by atoms with E-state index >= 15 is 0 Å². The summed E-state index contributed by atoms with van der Waals surface area (Å²) >= 11 is 0. The fraction of sp³-hybridized carbons (Fsp3) is 0.750. The van der Waals surface area contributed by atoms with Crippen molar-refractivity contribution in [1.29, 1.82) is 0 Å². The van der Waals surface area contributed by atoms with Gasteiger partial charge in [0.25, 0.3) is 0 Å². The van der Waals surface area contributed by atoms with Gasteiger partial charge in [-0.2, -0.15) is 0 Å². The van der Waals surface area contributed by atoms with Gasteiger partial charge in [0.15, 0.2) is 0 Å². The van der Waals surface area contributed by atoms with Crippen molar-refractivity contribution in [3.8, 4) is 0 Å². The summed E-state index contributed by atoms with van der Waals surface area (Å²) in [5, 5.41) is 0. The van der Waals surface area contributed by atoms with Crippen LogP contribution in [0.3, 0.4) is 0 Å². The molecule has 0 aromatic carbocycles. The third-order valence-corrected chi connectivity index (χ3v) is 3.37. The predicted octanol–water partition coefficient (Wildman–Crippen LogP) is 1.29. The maximum atomic E-state index is 5.75. The maximum Gasteiger partial charge on any atom is 0.515 e. The number of hydrogen-bond acceptors (Lipinski definition) is 3. The monoisotopic (exact) mass is 234 g/mol. The topological polar surface area (TPSA) is 36.3 Å². The Bertz CT molecular complexity index is 416. The molecule has 1 aromatic heterocycles. The molecule has 17 heavy (non-hydrogen) atoms. The molecule has 1 saturated carbocycles. The Balaban J connectivity index is 1.74. The van der Waals surface area contributed by atoms with Crippen LogP contribution in [0.15, 0.2) is 6.20 Å². The summed E-state index contributed by atoms with van der Waals surface area (Å²) in [6, 6.07) is 0.663. The number of imidazole rings is 1. The highest BCUT2D eigenvalue weighted by molar-refractivity contribution is 6.60. The second kappa shape index (κ2) is 3.85. The Morgan fingerprint density at radius 2 is 2.00 bits per heavy atom. The molecule has 2 fully saturated rings. The molecule has 0 radical (unpaired) electrons. The van der Waals surface area contributed by atoms with Crippen LogP contribution in [0.25, 0.3) is 0 Å². The van der Waals surface area contributed by atoms with Crippen LogP contribution in [0.5, 0.6) is 0 Å². The van der Waals surface area contributed by atoms with Gasteiger partial charge in [0.1, 0.15) is 5.82 Å². The second-order valence-corrected chi connectivity index (χ2v) is 5.97. The van der Waals surface area contributed by atoms with Gasteiger partial charge in [-0.05, 0) is 19.8 Å². The van der Waals surface area contributed by atoms with E-state index in [0.29, 0.717) is 6.04 Å². The van der Waals surface area contributed by atoms with Crippen LogP contribution in [0, 0.1) is 12.3 Å². The summed E-state index contributed by atoms with van der Waals surface area (Å²) in [7, 11) is -0.276. The fourth-order valence-corrected chi connectivity index (χ4v) is 2.21. The van der Waals surface area contributed by atoms with Crippen molar-refractivity contribution >= 4 is 12.7 Å². The number of rotatable bonds is 2. The molecule has 5 heteroatoms. The lowest BCUT2D eigenvalue weighted by atomic mass is 9.80. The summed E-state index contributed by atoms with van der Waals surface area (Å²) in [6.45, 7) is 7.81. The van der Waals surface area contributed by atoms with Crippen molar-refractivity contribution in [2.24, 2.45) is 5.41 Å². The number of aromatic nitrogens is 2. The zero-order chi connectivity index (χ0) is 12.0. The Morgan fingerprint density at radius 3 is 2.59 bits per heavy atom. The van der Waals surface area contributed by atoms with Gasteiger partial charge >= 0.3 is 7.12 Å². The average Bonchev–Trinajstić information content (AvgIpc) is 3.03. The molecule has 1 aliphatic carbocycles. The molecule has 4 nitrogen and oxygen atoms in total. The van der Waals surface area contributed by atoms with E-state index in [4.69, 9.17) is 9.31 Å². The number of aryl methyl sites for hydroxylation is 1. The van der Waals surface area contributed by atoms with Gasteiger partial charge in [-0.25, -0.2) is 4.98 Å². The molecule has 2 aliphatic rings. The van der Waals surface area contributed by atoms with Gasteiger partial charge in [0, 0.05) is 30.9 Å². The summed E-state index contributed by atoms with van der Waals surface area (Å²) in [5.74, 6) is 1.07. The van der Waals surface area contributed by atoms with Gasteiger partial charge in [-0.15, -0.1) is 0 Å². The normalized spacial score (nSPS) is 24.1. The van der Waals surface area contributed by atoms with Gasteiger partial charge in [0.2, 0.25) is 0 Å². The second-order valence-electron chi connectivity index (χ2n) is 5.97. The SMILES string of the molecule is Cc1nc(B2OCC(C)(C)CO2)cn1C1CC1. The van der Waals surface area contributed by atoms with E-state index in [1.807, 2.05) is 0 Å². The summed E-state index contributed by atoms with van der Waals surface area (Å²) in [6.07, 6.45) is 4.64. The summed E-state index contributed by atoms with van der Waals surface area (Å²) < 4.78 is 13.8. The Morgan fingerprint density at radius 1 is 1.35 bits per heavy atom. The van der Waals surface area contributed by atoms with E-state index < -0.39 is 0 Å². The molecule has 1 aromatic rings. The Hall–Kier alpha value is -0.805. The first-order valence-electron chi connectivity index (χ1n) is 6.34. The Labute approximate surface area is 102 Å². The van der Waals surface area contributed by atoms with E-state index in [9.17, 15) is 0 Å². The molecule has 0 amide bonds. The highest BCUT2D eigenvalue weighted by atomic mass is 16.6. The van der Waals surface area contributed by atoms with E-state index in [1.54, 1.807) is 0 Å². The standard InChI is InChI=1S/C12H19BN2O2/c1-9-14-11(6-15(9)10-4-5-10)13-16-7-12(2,3)8-17-13/h6,10H,4-5,7-8H2,1-3H3. The molecule has 3 rings (SSSR count). The zero-order valence-corrected chi connectivity index (χ0v) is 10.8. The molecule has 0 N–H and O–H groups in total. The van der Waals surface area contributed by atoms with Crippen molar-refractivity contribution in [3.05, 3.63) is 12.0 Å². The first-order valence-corrected chi connectivity index (χ1v) is 6.34. The van der Waals surface area contributed by atoms with Crippen molar-refractivity contribution in [2.75, 3.05) is 13.2 Å². The summed E-state index contributed by atoms with van der Waals surface area (Å²) in [4.78, 5) is 4.56. The third kappa shape index (κ3) is 2.26. The fourth-order valence-electron chi connectivity index (χ4n) is 2.21. The van der Waals surface area contributed by atoms with Crippen LogP contribution in [0.4, 0.5) is 0 Å². The largest absolute Gasteiger partial charge is 0.515 e. The van der Waals surface area contributed by atoms with Crippen LogP contribution < -0.4 is 5.59 Å². The minimum absolute atomic E-state index is 0.116. The summed E-state index contributed by atoms with van der Waals surface area (Å²) in [5.41, 5.74) is 1.04. The smallest absolute Gasteiger partial charge is 0.406 e. The number of nitrogens with zero attached hydrogens (tertiary/aromatic N) is 2. The Kier molecular flexibility index (Phi) is 2.56. The molecule has 92 valence electrons. The molecule has 0 bridgehead atoms. The van der Waals surface area contributed by atoms with Gasteiger partial charge in [0.05, 0.1) is 5.59 Å². The quantitative estimate of drug-likeness (QED) is 0.723.